The molecule has 0 radical (unpaired) electrons. The Morgan fingerprint density at radius 2 is 1.21 bits per heavy atom. The third kappa shape index (κ3) is 3.03. The highest BCUT2D eigenvalue weighted by Gasteiger charge is 2.62. The van der Waals surface area contributed by atoms with Crippen molar-refractivity contribution in [3.05, 3.63) is 118 Å². The van der Waals surface area contributed by atoms with Crippen molar-refractivity contribution in [1.82, 2.24) is 0 Å². The lowest BCUT2D eigenvalue weighted by Crippen LogP contribution is -2.33. The lowest BCUT2D eigenvalue weighted by atomic mass is 9.85. The number of fused-ring (bicyclic) bond motifs is 5. The maximum atomic E-state index is 13.6. The normalized spacial score (nSPS) is 25.2. The number of carbonyl (C=O) groups is 2. The lowest BCUT2D eigenvalue weighted by molar-refractivity contribution is -0.122. The second kappa shape index (κ2) is 7.72. The smallest absolute Gasteiger partial charge is 0.238 e. The Morgan fingerprint density at radius 3 is 1.73 bits per heavy atom. The minimum absolute atomic E-state index is 0.130. The molecule has 3 aromatic rings. The van der Waals surface area contributed by atoms with Gasteiger partial charge in [-0.25, -0.2) is 4.90 Å². The summed E-state index contributed by atoms with van der Waals surface area (Å²) in [4.78, 5) is 28.5. The van der Waals surface area contributed by atoms with Crippen LogP contribution in [0.25, 0.3) is 5.57 Å². The summed E-state index contributed by atoms with van der Waals surface area (Å²) < 4.78 is 0. The predicted molar refractivity (Wildman–Crippen MR) is 131 cm³/mol. The fourth-order valence-electron chi connectivity index (χ4n) is 5.70. The molecule has 2 aliphatic carbocycles. The average molecular weight is 472 g/mol. The van der Waals surface area contributed by atoms with Gasteiger partial charge in [0.15, 0.2) is 0 Å². The van der Waals surface area contributed by atoms with Gasteiger partial charge in [-0.2, -0.15) is 0 Å². The SMILES string of the molecule is O=C1[C@H]2[C@H](C(=O)N1c1cc(Cl)ccc1Cl)[C@H]1C=C[C@H]2C1=C(c1ccccc1)c1ccccc1. The van der Waals surface area contributed by atoms with Crippen molar-refractivity contribution < 1.29 is 9.59 Å². The van der Waals surface area contributed by atoms with Crippen LogP contribution in [0.3, 0.4) is 0 Å². The molecule has 5 heteroatoms. The summed E-state index contributed by atoms with van der Waals surface area (Å²) in [6.07, 6.45) is 4.20. The van der Waals surface area contributed by atoms with E-state index in [0.717, 1.165) is 22.3 Å². The Hall–Kier alpha value is -3.14. The molecule has 1 saturated heterocycles. The van der Waals surface area contributed by atoms with Crippen molar-refractivity contribution in [2.75, 3.05) is 4.90 Å². The molecular weight excluding hydrogens is 453 g/mol. The molecule has 3 nitrogen and oxygen atoms in total. The van der Waals surface area contributed by atoms with Gasteiger partial charge in [0.1, 0.15) is 0 Å². The molecule has 1 aliphatic heterocycles. The monoisotopic (exact) mass is 471 g/mol. The van der Waals surface area contributed by atoms with Crippen LogP contribution in [0.2, 0.25) is 10.0 Å². The predicted octanol–water partition coefficient (Wildman–Crippen LogP) is 6.42. The number of imide groups is 1. The standard InChI is InChI=1S/C28H19Cl2NO2/c29-18-11-14-21(30)22(15-18)31-27(32)25-19-12-13-20(26(25)28(31)33)24(19)23(16-7-3-1-4-8-16)17-9-5-2-6-10-17/h1-15,19-20,25-26H/t19-,20-,25+,26+/m0/s1. The van der Waals surface area contributed by atoms with Gasteiger partial charge in [-0.3, -0.25) is 9.59 Å². The van der Waals surface area contributed by atoms with Crippen molar-refractivity contribution in [1.29, 1.82) is 0 Å². The zero-order chi connectivity index (χ0) is 22.7. The van der Waals surface area contributed by atoms with Gasteiger partial charge in [-0.15, -0.1) is 0 Å². The number of carbonyl (C=O) groups excluding carboxylic acids is 2. The fourth-order valence-corrected chi connectivity index (χ4v) is 6.07. The van der Waals surface area contributed by atoms with Gasteiger partial charge in [-0.1, -0.05) is 96.0 Å². The molecular formula is C28H19Cl2NO2. The number of allylic oxidation sites excluding steroid dienone is 3. The number of benzene rings is 3. The molecule has 3 aliphatic rings. The molecule has 0 unspecified atom stereocenters. The molecule has 3 aromatic carbocycles. The molecule has 162 valence electrons. The minimum atomic E-state index is -0.431. The highest BCUT2D eigenvalue weighted by atomic mass is 35.5. The highest BCUT2D eigenvalue weighted by Crippen LogP contribution is 2.59. The van der Waals surface area contributed by atoms with Crippen LogP contribution in [0.4, 0.5) is 5.69 Å². The maximum absolute atomic E-state index is 13.6. The van der Waals surface area contributed by atoms with Crippen molar-refractivity contribution in [2.45, 2.75) is 0 Å². The maximum Gasteiger partial charge on any atom is 0.238 e. The number of hydrogen-bond acceptors (Lipinski definition) is 2. The summed E-state index contributed by atoms with van der Waals surface area (Å²) in [6.45, 7) is 0. The highest BCUT2D eigenvalue weighted by molar-refractivity contribution is 6.38. The Morgan fingerprint density at radius 1 is 0.697 bits per heavy atom. The van der Waals surface area contributed by atoms with E-state index in [-0.39, 0.29) is 23.7 Å². The largest absolute Gasteiger partial charge is 0.274 e. The number of hydrogen-bond donors (Lipinski definition) is 0. The van der Waals surface area contributed by atoms with Crippen LogP contribution in [-0.2, 0) is 9.59 Å². The second-order valence-corrected chi connectivity index (χ2v) is 9.50. The van der Waals surface area contributed by atoms with Crippen LogP contribution in [0, 0.1) is 23.7 Å². The minimum Gasteiger partial charge on any atom is -0.274 e. The van der Waals surface area contributed by atoms with Gasteiger partial charge >= 0.3 is 0 Å². The van der Waals surface area contributed by atoms with Crippen LogP contribution in [-0.4, -0.2) is 11.8 Å². The van der Waals surface area contributed by atoms with E-state index in [0.29, 0.717) is 15.7 Å². The van der Waals surface area contributed by atoms with E-state index in [1.165, 1.54) is 4.90 Å². The molecule has 4 atom stereocenters. The van der Waals surface area contributed by atoms with Crippen molar-refractivity contribution in [2.24, 2.45) is 23.7 Å². The molecule has 0 spiro atoms. The summed E-state index contributed by atoms with van der Waals surface area (Å²) >= 11 is 12.5. The van der Waals surface area contributed by atoms with E-state index in [4.69, 9.17) is 23.2 Å². The molecule has 6 rings (SSSR count). The van der Waals surface area contributed by atoms with Crippen molar-refractivity contribution >= 4 is 46.3 Å². The Bertz CT molecular complexity index is 1270. The third-order valence-corrected chi connectivity index (χ3v) is 7.53. The second-order valence-electron chi connectivity index (χ2n) is 8.66. The van der Waals surface area contributed by atoms with Gasteiger partial charge < -0.3 is 0 Å². The Labute approximate surface area is 201 Å². The zero-order valence-electron chi connectivity index (χ0n) is 17.5. The van der Waals surface area contributed by atoms with Gasteiger partial charge in [0.05, 0.1) is 22.5 Å². The van der Waals surface area contributed by atoms with Crippen LogP contribution in [0.5, 0.6) is 0 Å². The van der Waals surface area contributed by atoms with Crippen LogP contribution in [0.15, 0.2) is 96.6 Å². The summed E-state index contributed by atoms with van der Waals surface area (Å²) in [5.41, 5.74) is 4.81. The van der Waals surface area contributed by atoms with Gasteiger partial charge in [-0.05, 0) is 40.5 Å². The molecule has 2 fully saturated rings. The lowest BCUT2D eigenvalue weighted by Gasteiger charge is -2.22. The van der Waals surface area contributed by atoms with E-state index in [1.54, 1.807) is 18.2 Å². The van der Waals surface area contributed by atoms with E-state index in [9.17, 15) is 9.59 Å². The molecule has 1 heterocycles. The van der Waals surface area contributed by atoms with Gasteiger partial charge in [0, 0.05) is 16.9 Å². The number of rotatable bonds is 3. The number of nitrogens with zero attached hydrogens (tertiary/aromatic N) is 1. The van der Waals surface area contributed by atoms with Gasteiger partial charge in [0.25, 0.3) is 0 Å². The van der Waals surface area contributed by atoms with Crippen LogP contribution < -0.4 is 4.90 Å². The van der Waals surface area contributed by atoms with E-state index in [2.05, 4.69) is 36.4 Å². The number of amides is 2. The Balaban J connectivity index is 1.50. The zero-order valence-corrected chi connectivity index (χ0v) is 19.0. The van der Waals surface area contributed by atoms with Crippen LogP contribution >= 0.6 is 23.2 Å². The summed E-state index contributed by atoms with van der Waals surface area (Å²) in [6, 6.07) is 25.3. The molecule has 1 saturated carbocycles. The molecule has 2 amide bonds. The van der Waals surface area contributed by atoms with Crippen molar-refractivity contribution in [3.63, 3.8) is 0 Å². The first-order chi connectivity index (χ1) is 16.1. The summed E-state index contributed by atoms with van der Waals surface area (Å²) in [5, 5.41) is 0.774. The first-order valence-electron chi connectivity index (χ1n) is 10.9. The quantitative estimate of drug-likeness (QED) is 0.326. The molecule has 2 bridgehead atoms. The van der Waals surface area contributed by atoms with Crippen LogP contribution in [0.1, 0.15) is 11.1 Å². The van der Waals surface area contributed by atoms with E-state index >= 15 is 0 Å². The third-order valence-electron chi connectivity index (χ3n) is 6.98. The molecule has 33 heavy (non-hydrogen) atoms. The van der Waals surface area contributed by atoms with Gasteiger partial charge in [0.2, 0.25) is 11.8 Å². The first kappa shape index (κ1) is 20.5. The van der Waals surface area contributed by atoms with Crippen molar-refractivity contribution in [3.8, 4) is 0 Å². The van der Waals surface area contributed by atoms with E-state index < -0.39 is 11.8 Å². The average Bonchev–Trinajstić information content (AvgIpc) is 3.47. The number of halogens is 2. The molecule has 0 N–H and O–H groups in total. The Kier molecular flexibility index (Phi) is 4.79. The molecule has 0 aromatic heterocycles. The fraction of sp³-hybridized carbons (Fsp3) is 0.143. The first-order valence-corrected chi connectivity index (χ1v) is 11.7. The summed E-state index contributed by atoms with van der Waals surface area (Å²) in [7, 11) is 0. The topological polar surface area (TPSA) is 37.4 Å². The van der Waals surface area contributed by atoms with E-state index in [1.807, 2.05) is 36.4 Å². The summed E-state index contributed by atoms with van der Waals surface area (Å²) in [5.74, 6) is -1.53. The number of anilines is 1.